The monoisotopic (exact) mass is 239 g/mol. The van der Waals surface area contributed by atoms with Gasteiger partial charge in [0.05, 0.1) is 9.90 Å². The largest absolute Gasteiger partial charge is 0.383 e. The van der Waals surface area contributed by atoms with Gasteiger partial charge in [-0.05, 0) is 30.0 Å². The lowest BCUT2D eigenvalue weighted by atomic mass is 10.1. The molecule has 0 spiro atoms. The number of aliphatic hydroxyl groups excluding tert-OH is 1. The zero-order chi connectivity index (χ0) is 10.8. The van der Waals surface area contributed by atoms with Crippen molar-refractivity contribution >= 4 is 22.9 Å². The second-order valence-corrected chi connectivity index (χ2v) is 4.62. The van der Waals surface area contributed by atoms with E-state index in [4.69, 9.17) is 11.6 Å². The molecule has 0 bridgehead atoms. The minimum atomic E-state index is -0.675. The molecule has 0 aliphatic rings. The molecule has 0 aromatic carbocycles. The van der Waals surface area contributed by atoms with Crippen molar-refractivity contribution in [2.75, 3.05) is 0 Å². The van der Waals surface area contributed by atoms with Gasteiger partial charge in [0, 0.05) is 18.0 Å². The molecule has 0 saturated carbocycles. The van der Waals surface area contributed by atoms with Crippen LogP contribution in [0, 0.1) is 6.92 Å². The van der Waals surface area contributed by atoms with Gasteiger partial charge in [0.2, 0.25) is 0 Å². The van der Waals surface area contributed by atoms with Gasteiger partial charge in [-0.25, -0.2) is 0 Å². The first-order chi connectivity index (χ1) is 7.20. The molecule has 2 rings (SSSR count). The molecule has 2 heterocycles. The summed E-state index contributed by atoms with van der Waals surface area (Å²) >= 11 is 7.42. The number of pyridine rings is 1. The van der Waals surface area contributed by atoms with Gasteiger partial charge in [0.1, 0.15) is 6.10 Å². The number of aromatic nitrogens is 1. The number of hydrogen-bond donors (Lipinski definition) is 1. The highest BCUT2D eigenvalue weighted by Crippen LogP contribution is 2.33. The maximum Gasteiger partial charge on any atom is 0.116 e. The average molecular weight is 240 g/mol. The third-order valence-corrected chi connectivity index (χ3v) is 3.68. The van der Waals surface area contributed by atoms with Gasteiger partial charge in [-0.2, -0.15) is 0 Å². The molecule has 0 saturated heterocycles. The fourth-order valence-corrected chi connectivity index (χ4v) is 2.57. The van der Waals surface area contributed by atoms with E-state index in [-0.39, 0.29) is 0 Å². The number of thiophene rings is 1. The first-order valence-corrected chi connectivity index (χ1v) is 5.77. The van der Waals surface area contributed by atoms with E-state index < -0.39 is 6.10 Å². The predicted octanol–water partition coefficient (Wildman–Crippen LogP) is 3.19. The van der Waals surface area contributed by atoms with Crippen LogP contribution >= 0.6 is 22.9 Å². The van der Waals surface area contributed by atoms with Crippen molar-refractivity contribution in [3.8, 4) is 0 Å². The standard InChI is InChI=1S/C11H10ClNOS/c1-7-2-4-13-6-8(7)10(14)11-9(12)3-5-15-11/h2-6,10,14H,1H3. The third-order valence-electron chi connectivity index (χ3n) is 2.27. The van der Waals surface area contributed by atoms with Crippen molar-refractivity contribution in [3.63, 3.8) is 0 Å². The first-order valence-electron chi connectivity index (χ1n) is 4.51. The van der Waals surface area contributed by atoms with Crippen molar-refractivity contribution in [1.82, 2.24) is 4.98 Å². The molecule has 0 fully saturated rings. The number of nitrogens with zero attached hydrogens (tertiary/aromatic N) is 1. The summed E-state index contributed by atoms with van der Waals surface area (Å²) in [4.78, 5) is 4.78. The Labute approximate surface area is 97.2 Å². The summed E-state index contributed by atoms with van der Waals surface area (Å²) in [6.07, 6.45) is 2.71. The Hall–Kier alpha value is -0.900. The summed E-state index contributed by atoms with van der Waals surface area (Å²) < 4.78 is 0. The molecule has 0 aliphatic heterocycles. The number of aryl methyl sites for hydroxylation is 1. The van der Waals surface area contributed by atoms with E-state index in [1.54, 1.807) is 18.5 Å². The molecule has 2 aromatic rings. The summed E-state index contributed by atoms with van der Waals surface area (Å²) in [7, 11) is 0. The minimum Gasteiger partial charge on any atom is -0.383 e. The molecule has 2 aromatic heterocycles. The van der Waals surface area contributed by atoms with Crippen molar-refractivity contribution in [2.24, 2.45) is 0 Å². The van der Waals surface area contributed by atoms with Crippen LogP contribution in [-0.2, 0) is 0 Å². The van der Waals surface area contributed by atoms with Crippen LogP contribution in [-0.4, -0.2) is 10.1 Å². The number of rotatable bonds is 2. The molecule has 1 unspecified atom stereocenters. The van der Waals surface area contributed by atoms with Crippen LogP contribution in [0.3, 0.4) is 0 Å². The van der Waals surface area contributed by atoms with Gasteiger partial charge in [0.25, 0.3) is 0 Å². The Morgan fingerprint density at radius 2 is 2.27 bits per heavy atom. The van der Waals surface area contributed by atoms with Crippen molar-refractivity contribution < 1.29 is 5.11 Å². The summed E-state index contributed by atoms with van der Waals surface area (Å²) in [6, 6.07) is 3.66. The second kappa shape index (κ2) is 4.31. The zero-order valence-corrected chi connectivity index (χ0v) is 9.72. The molecule has 0 radical (unpaired) electrons. The average Bonchev–Trinajstić information content (AvgIpc) is 2.64. The molecule has 78 valence electrons. The Balaban J connectivity index is 2.41. The summed E-state index contributed by atoms with van der Waals surface area (Å²) in [6.45, 7) is 1.95. The Kier molecular flexibility index (Phi) is 3.05. The summed E-state index contributed by atoms with van der Waals surface area (Å²) in [5.41, 5.74) is 1.82. The van der Waals surface area contributed by atoms with Gasteiger partial charge in [-0.3, -0.25) is 4.98 Å². The minimum absolute atomic E-state index is 0.607. The van der Waals surface area contributed by atoms with Crippen LogP contribution in [0.25, 0.3) is 0 Å². The van der Waals surface area contributed by atoms with E-state index in [1.807, 2.05) is 18.4 Å². The highest BCUT2D eigenvalue weighted by molar-refractivity contribution is 7.10. The molecule has 1 N–H and O–H groups in total. The van der Waals surface area contributed by atoms with Gasteiger partial charge in [-0.15, -0.1) is 11.3 Å². The molecule has 15 heavy (non-hydrogen) atoms. The summed E-state index contributed by atoms with van der Waals surface area (Å²) in [5.74, 6) is 0. The van der Waals surface area contributed by atoms with Crippen molar-refractivity contribution in [1.29, 1.82) is 0 Å². The van der Waals surface area contributed by atoms with E-state index in [2.05, 4.69) is 4.98 Å². The molecule has 1 atom stereocenters. The quantitative estimate of drug-likeness (QED) is 0.873. The Morgan fingerprint density at radius 3 is 2.87 bits per heavy atom. The molecule has 0 amide bonds. The second-order valence-electron chi connectivity index (χ2n) is 3.27. The highest BCUT2D eigenvalue weighted by Gasteiger charge is 2.16. The zero-order valence-electron chi connectivity index (χ0n) is 8.14. The maximum absolute atomic E-state index is 10.1. The highest BCUT2D eigenvalue weighted by atomic mass is 35.5. The Bertz CT molecular complexity index is 469. The third kappa shape index (κ3) is 2.04. The summed E-state index contributed by atoms with van der Waals surface area (Å²) in [5, 5.41) is 12.6. The molecule has 2 nitrogen and oxygen atoms in total. The van der Waals surface area contributed by atoms with Gasteiger partial charge < -0.3 is 5.11 Å². The van der Waals surface area contributed by atoms with Crippen molar-refractivity contribution in [2.45, 2.75) is 13.0 Å². The number of hydrogen-bond acceptors (Lipinski definition) is 3. The lowest BCUT2D eigenvalue weighted by Gasteiger charge is -2.11. The number of aliphatic hydroxyl groups is 1. The van der Waals surface area contributed by atoms with Crippen LogP contribution in [0.1, 0.15) is 22.1 Å². The van der Waals surface area contributed by atoms with E-state index in [0.29, 0.717) is 5.02 Å². The fraction of sp³-hybridized carbons (Fsp3) is 0.182. The van der Waals surface area contributed by atoms with E-state index in [9.17, 15) is 5.11 Å². The fourth-order valence-electron chi connectivity index (χ4n) is 1.40. The van der Waals surface area contributed by atoms with E-state index >= 15 is 0 Å². The normalized spacial score (nSPS) is 12.7. The SMILES string of the molecule is Cc1ccncc1C(O)c1sccc1Cl. The van der Waals surface area contributed by atoms with Crippen molar-refractivity contribution in [3.05, 3.63) is 50.9 Å². The first kappa shape index (κ1) is 10.6. The van der Waals surface area contributed by atoms with Crippen LogP contribution in [0.5, 0.6) is 0 Å². The molecule has 0 aliphatic carbocycles. The predicted molar refractivity (Wildman–Crippen MR) is 62.4 cm³/mol. The number of halogens is 1. The van der Waals surface area contributed by atoms with Gasteiger partial charge in [0.15, 0.2) is 0 Å². The van der Waals surface area contributed by atoms with E-state index in [0.717, 1.165) is 16.0 Å². The van der Waals surface area contributed by atoms with Crippen LogP contribution in [0.15, 0.2) is 29.9 Å². The lowest BCUT2D eigenvalue weighted by Crippen LogP contribution is -2.00. The molecule has 4 heteroatoms. The maximum atomic E-state index is 10.1. The van der Waals surface area contributed by atoms with Crippen LogP contribution in [0.2, 0.25) is 5.02 Å². The Morgan fingerprint density at radius 1 is 1.47 bits per heavy atom. The topological polar surface area (TPSA) is 33.1 Å². The lowest BCUT2D eigenvalue weighted by molar-refractivity contribution is 0.223. The smallest absolute Gasteiger partial charge is 0.116 e. The van der Waals surface area contributed by atoms with Crippen LogP contribution < -0.4 is 0 Å². The molecular formula is C11H10ClNOS. The molecular weight excluding hydrogens is 230 g/mol. The van der Waals surface area contributed by atoms with E-state index in [1.165, 1.54) is 11.3 Å². The van der Waals surface area contributed by atoms with Gasteiger partial charge >= 0.3 is 0 Å². The van der Waals surface area contributed by atoms with Gasteiger partial charge in [-0.1, -0.05) is 11.6 Å². The van der Waals surface area contributed by atoms with Crippen LogP contribution in [0.4, 0.5) is 0 Å².